The molecular formula is C18H17N3O5S2. The molecule has 0 heterocycles. The molecule has 0 radical (unpaired) electrons. The molecule has 0 atom stereocenters. The molecule has 0 amide bonds. The van der Waals surface area contributed by atoms with Crippen molar-refractivity contribution in [2.75, 3.05) is 11.5 Å². The molecule has 0 aliphatic carbocycles. The van der Waals surface area contributed by atoms with Gasteiger partial charge in [-0.3, -0.25) is 4.55 Å². The Morgan fingerprint density at radius 3 is 2.14 bits per heavy atom. The molecule has 0 aliphatic rings. The predicted molar refractivity (Wildman–Crippen MR) is 107 cm³/mol. The topological polar surface area (TPSA) is 139 Å². The normalized spacial score (nSPS) is 12.6. The third-order valence-corrected chi connectivity index (χ3v) is 6.73. The van der Waals surface area contributed by atoms with Gasteiger partial charge in [0.15, 0.2) is 9.84 Å². The first-order valence-electron chi connectivity index (χ1n) is 8.16. The van der Waals surface area contributed by atoms with Crippen LogP contribution in [-0.2, 0) is 20.0 Å². The van der Waals surface area contributed by atoms with Crippen LogP contribution in [-0.4, -0.2) is 27.1 Å². The number of sulfone groups is 1. The molecule has 3 aromatic rings. The lowest BCUT2D eigenvalue weighted by Crippen LogP contribution is -2.02. The molecule has 0 bridgehead atoms. The van der Waals surface area contributed by atoms with Crippen LogP contribution in [0, 0.1) is 0 Å². The third kappa shape index (κ3) is 4.03. The zero-order valence-electron chi connectivity index (χ0n) is 14.8. The zero-order valence-corrected chi connectivity index (χ0v) is 16.4. The van der Waals surface area contributed by atoms with Crippen molar-refractivity contribution in [3.63, 3.8) is 0 Å². The van der Waals surface area contributed by atoms with Crippen LogP contribution >= 0.6 is 0 Å². The molecule has 0 fully saturated rings. The van der Waals surface area contributed by atoms with E-state index in [1.165, 1.54) is 42.5 Å². The number of azo groups is 1. The van der Waals surface area contributed by atoms with Gasteiger partial charge in [0, 0.05) is 5.39 Å². The van der Waals surface area contributed by atoms with E-state index < -0.39 is 20.0 Å². The predicted octanol–water partition coefficient (Wildman–Crippen LogP) is 3.88. The van der Waals surface area contributed by atoms with E-state index in [9.17, 15) is 21.4 Å². The first-order valence-corrected chi connectivity index (χ1v) is 11.3. The first kappa shape index (κ1) is 19.9. The first-order chi connectivity index (χ1) is 13.1. The van der Waals surface area contributed by atoms with Gasteiger partial charge in [-0.25, -0.2) is 8.42 Å². The number of rotatable bonds is 5. The average molecular weight is 419 g/mol. The number of nitrogens with two attached hydrogens (primary N) is 1. The fraction of sp³-hybridized carbons (Fsp3) is 0.111. The van der Waals surface area contributed by atoms with Gasteiger partial charge in [0.25, 0.3) is 10.1 Å². The van der Waals surface area contributed by atoms with Crippen LogP contribution in [0.3, 0.4) is 0 Å². The van der Waals surface area contributed by atoms with E-state index in [2.05, 4.69) is 10.2 Å². The summed E-state index contributed by atoms with van der Waals surface area (Å²) in [6.45, 7) is 1.57. The summed E-state index contributed by atoms with van der Waals surface area (Å²) in [5.74, 6) is 0.00590. The molecule has 0 saturated carbocycles. The minimum Gasteiger partial charge on any atom is -0.397 e. The van der Waals surface area contributed by atoms with Crippen molar-refractivity contribution in [1.29, 1.82) is 0 Å². The highest BCUT2D eigenvalue weighted by Gasteiger charge is 2.13. The quantitative estimate of drug-likeness (QED) is 0.365. The van der Waals surface area contributed by atoms with E-state index in [-0.39, 0.29) is 15.5 Å². The highest BCUT2D eigenvalue weighted by Crippen LogP contribution is 2.34. The van der Waals surface area contributed by atoms with Crippen molar-refractivity contribution in [1.82, 2.24) is 0 Å². The Morgan fingerprint density at radius 2 is 1.54 bits per heavy atom. The summed E-state index contributed by atoms with van der Waals surface area (Å²) in [4.78, 5) is -0.0308. The SMILES string of the molecule is CCS(=O)(=O)c1ccc(/N=N/c2c(N)ccc3cc(S(=O)(=O)O)ccc23)cc1. The van der Waals surface area contributed by atoms with E-state index in [0.29, 0.717) is 27.8 Å². The molecule has 0 spiro atoms. The highest BCUT2D eigenvalue weighted by atomic mass is 32.2. The maximum Gasteiger partial charge on any atom is 0.294 e. The fourth-order valence-corrected chi connectivity index (χ4v) is 3.97. The molecule has 3 rings (SSSR count). The van der Waals surface area contributed by atoms with E-state index in [4.69, 9.17) is 5.73 Å². The minimum absolute atomic E-state index is 0.00590. The van der Waals surface area contributed by atoms with Crippen LogP contribution < -0.4 is 5.73 Å². The molecule has 0 aliphatic heterocycles. The number of nitrogen functional groups attached to an aromatic ring is 1. The lowest BCUT2D eigenvalue weighted by atomic mass is 10.1. The zero-order chi connectivity index (χ0) is 20.5. The number of benzene rings is 3. The summed E-state index contributed by atoms with van der Waals surface area (Å²) in [7, 11) is -7.62. The van der Waals surface area contributed by atoms with Gasteiger partial charge in [0.1, 0.15) is 5.69 Å². The van der Waals surface area contributed by atoms with Crippen molar-refractivity contribution < 1.29 is 21.4 Å². The van der Waals surface area contributed by atoms with Crippen LogP contribution in [0.4, 0.5) is 17.1 Å². The monoisotopic (exact) mass is 419 g/mol. The van der Waals surface area contributed by atoms with Crippen molar-refractivity contribution in [3.8, 4) is 0 Å². The number of anilines is 1. The van der Waals surface area contributed by atoms with E-state index in [0.717, 1.165) is 0 Å². The second kappa shape index (κ2) is 7.30. The average Bonchev–Trinajstić information content (AvgIpc) is 2.66. The Bertz CT molecular complexity index is 1280. The summed E-state index contributed by atoms with van der Waals surface area (Å²) in [6.07, 6.45) is 0. The van der Waals surface area contributed by atoms with Crippen molar-refractivity contribution in [3.05, 3.63) is 54.6 Å². The largest absolute Gasteiger partial charge is 0.397 e. The van der Waals surface area contributed by atoms with Gasteiger partial charge in [0.2, 0.25) is 0 Å². The molecule has 3 N–H and O–H groups in total. The Morgan fingerprint density at radius 1 is 0.893 bits per heavy atom. The van der Waals surface area contributed by atoms with Gasteiger partial charge in [-0.2, -0.15) is 13.5 Å². The molecule has 0 unspecified atom stereocenters. The summed E-state index contributed by atoms with van der Waals surface area (Å²) in [5, 5.41) is 9.31. The smallest absolute Gasteiger partial charge is 0.294 e. The lowest BCUT2D eigenvalue weighted by molar-refractivity contribution is 0.483. The van der Waals surface area contributed by atoms with Gasteiger partial charge in [-0.15, -0.1) is 5.11 Å². The summed E-state index contributed by atoms with van der Waals surface area (Å²) in [5.41, 5.74) is 7.08. The fourth-order valence-electron chi connectivity index (χ4n) is 2.57. The molecule has 28 heavy (non-hydrogen) atoms. The number of nitrogens with zero attached hydrogens (tertiary/aromatic N) is 2. The van der Waals surface area contributed by atoms with Gasteiger partial charge < -0.3 is 5.73 Å². The van der Waals surface area contributed by atoms with Gasteiger partial charge in [-0.05, 0) is 47.9 Å². The molecule has 0 aromatic heterocycles. The molecular weight excluding hydrogens is 402 g/mol. The van der Waals surface area contributed by atoms with Crippen LogP contribution in [0.5, 0.6) is 0 Å². The van der Waals surface area contributed by atoms with Crippen LogP contribution in [0.2, 0.25) is 0 Å². The van der Waals surface area contributed by atoms with E-state index in [1.807, 2.05) is 0 Å². The second-order valence-corrected chi connectivity index (χ2v) is 9.66. The molecule has 0 saturated heterocycles. The van der Waals surface area contributed by atoms with Gasteiger partial charge in [0.05, 0.1) is 26.9 Å². The Labute approximate surface area is 162 Å². The number of hydrogen-bond acceptors (Lipinski definition) is 7. The number of fused-ring (bicyclic) bond motifs is 1. The molecule has 3 aromatic carbocycles. The summed E-state index contributed by atoms with van der Waals surface area (Å²) in [6, 6.07) is 13.2. The molecule has 8 nitrogen and oxygen atoms in total. The lowest BCUT2D eigenvalue weighted by Gasteiger charge is -2.06. The van der Waals surface area contributed by atoms with Crippen LogP contribution in [0.25, 0.3) is 10.8 Å². The summed E-state index contributed by atoms with van der Waals surface area (Å²) >= 11 is 0. The Balaban J connectivity index is 2.01. The number of hydrogen-bond donors (Lipinski definition) is 2. The molecule has 146 valence electrons. The Hall–Kier alpha value is -2.82. The van der Waals surface area contributed by atoms with Crippen LogP contribution in [0.15, 0.2) is 74.6 Å². The van der Waals surface area contributed by atoms with E-state index >= 15 is 0 Å². The van der Waals surface area contributed by atoms with Gasteiger partial charge >= 0.3 is 0 Å². The standard InChI is InChI=1S/C18H17N3O5S2/c1-2-27(22,23)14-6-4-13(5-7-14)20-21-18-16-9-8-15(28(24,25)26)11-12(16)3-10-17(18)19/h3-11H,2,19H2,1H3,(H,24,25,26)/b21-20+. The Kier molecular flexibility index (Phi) is 5.20. The van der Waals surface area contributed by atoms with Crippen LogP contribution in [0.1, 0.15) is 6.92 Å². The summed E-state index contributed by atoms with van der Waals surface area (Å²) < 4.78 is 55.5. The molecule has 10 heteroatoms. The second-order valence-electron chi connectivity index (χ2n) is 5.96. The third-order valence-electron chi connectivity index (χ3n) is 4.13. The van der Waals surface area contributed by atoms with Gasteiger partial charge in [-0.1, -0.05) is 19.1 Å². The van der Waals surface area contributed by atoms with E-state index in [1.54, 1.807) is 19.1 Å². The maximum atomic E-state index is 11.8. The highest BCUT2D eigenvalue weighted by molar-refractivity contribution is 7.91. The van der Waals surface area contributed by atoms with Crippen molar-refractivity contribution in [2.45, 2.75) is 16.7 Å². The van der Waals surface area contributed by atoms with Crippen molar-refractivity contribution >= 4 is 47.8 Å². The maximum absolute atomic E-state index is 11.8. The minimum atomic E-state index is -4.33. The van der Waals surface area contributed by atoms with Crippen molar-refractivity contribution in [2.24, 2.45) is 10.2 Å².